The SMILES string of the molecule is Cc1nccn1CCS(=O)CCC(=O)O. The van der Waals surface area contributed by atoms with Gasteiger partial charge in [-0.05, 0) is 6.92 Å². The Hall–Kier alpha value is -1.17. The van der Waals surface area contributed by atoms with Crippen molar-refractivity contribution in [2.24, 2.45) is 0 Å². The molecule has 1 N–H and O–H groups in total. The molecule has 0 amide bonds. The zero-order chi connectivity index (χ0) is 11.3. The van der Waals surface area contributed by atoms with Crippen molar-refractivity contribution in [1.82, 2.24) is 9.55 Å². The van der Waals surface area contributed by atoms with Crippen molar-refractivity contribution < 1.29 is 14.1 Å². The average molecular weight is 230 g/mol. The number of aryl methyl sites for hydroxylation is 2. The number of carboxylic acids is 1. The molecule has 0 aliphatic carbocycles. The van der Waals surface area contributed by atoms with Crippen molar-refractivity contribution in [1.29, 1.82) is 0 Å². The van der Waals surface area contributed by atoms with Crippen LogP contribution in [-0.4, -0.2) is 36.3 Å². The van der Waals surface area contributed by atoms with Crippen LogP contribution in [0.15, 0.2) is 12.4 Å². The van der Waals surface area contributed by atoms with Crippen molar-refractivity contribution in [3.8, 4) is 0 Å². The fourth-order valence-electron chi connectivity index (χ4n) is 1.14. The molecule has 15 heavy (non-hydrogen) atoms. The normalized spacial score (nSPS) is 12.6. The summed E-state index contributed by atoms with van der Waals surface area (Å²) in [6.07, 6.45) is 3.48. The summed E-state index contributed by atoms with van der Waals surface area (Å²) in [5, 5.41) is 8.41. The second-order valence-electron chi connectivity index (χ2n) is 3.16. The van der Waals surface area contributed by atoms with E-state index in [9.17, 15) is 9.00 Å². The molecule has 0 fully saturated rings. The number of hydrogen-bond donors (Lipinski definition) is 1. The van der Waals surface area contributed by atoms with Gasteiger partial charge in [-0.2, -0.15) is 0 Å². The lowest BCUT2D eigenvalue weighted by molar-refractivity contribution is -0.136. The molecule has 1 aromatic heterocycles. The molecule has 0 aromatic carbocycles. The van der Waals surface area contributed by atoms with E-state index in [1.807, 2.05) is 17.7 Å². The zero-order valence-electron chi connectivity index (χ0n) is 8.55. The molecule has 0 bridgehead atoms. The van der Waals surface area contributed by atoms with Gasteiger partial charge in [0.25, 0.3) is 0 Å². The predicted molar refractivity (Wildman–Crippen MR) is 57.1 cm³/mol. The number of aromatic nitrogens is 2. The summed E-state index contributed by atoms with van der Waals surface area (Å²) in [7, 11) is -1.06. The van der Waals surface area contributed by atoms with Gasteiger partial charge in [-0.25, -0.2) is 4.98 Å². The number of aliphatic carboxylic acids is 1. The number of hydrogen-bond acceptors (Lipinski definition) is 3. The van der Waals surface area contributed by atoms with E-state index in [0.29, 0.717) is 12.3 Å². The van der Waals surface area contributed by atoms with Crippen LogP contribution in [0, 0.1) is 6.92 Å². The van der Waals surface area contributed by atoms with E-state index in [2.05, 4.69) is 4.98 Å². The summed E-state index contributed by atoms with van der Waals surface area (Å²) in [6.45, 7) is 2.50. The molecule has 0 spiro atoms. The largest absolute Gasteiger partial charge is 0.481 e. The maximum atomic E-state index is 11.4. The third kappa shape index (κ3) is 4.24. The van der Waals surface area contributed by atoms with Crippen LogP contribution in [-0.2, 0) is 22.1 Å². The average Bonchev–Trinajstić information content (AvgIpc) is 2.58. The smallest absolute Gasteiger partial charge is 0.304 e. The molecule has 1 unspecified atom stereocenters. The van der Waals surface area contributed by atoms with E-state index in [-0.39, 0.29) is 12.2 Å². The Kier molecular flexibility index (Phi) is 4.48. The molecule has 84 valence electrons. The zero-order valence-corrected chi connectivity index (χ0v) is 9.37. The minimum Gasteiger partial charge on any atom is -0.481 e. The van der Waals surface area contributed by atoms with E-state index in [1.165, 1.54) is 0 Å². The molecule has 0 radical (unpaired) electrons. The molecule has 6 heteroatoms. The van der Waals surface area contributed by atoms with E-state index < -0.39 is 16.8 Å². The number of carbonyl (C=O) groups is 1. The van der Waals surface area contributed by atoms with Crippen LogP contribution in [0.2, 0.25) is 0 Å². The van der Waals surface area contributed by atoms with Gasteiger partial charge in [0, 0.05) is 41.2 Å². The van der Waals surface area contributed by atoms with E-state index in [1.54, 1.807) is 6.20 Å². The molecule has 0 saturated heterocycles. The molecule has 0 aliphatic heterocycles. The summed E-state index contributed by atoms with van der Waals surface area (Å²) in [5.41, 5.74) is 0. The highest BCUT2D eigenvalue weighted by Gasteiger charge is 2.04. The lowest BCUT2D eigenvalue weighted by Crippen LogP contribution is -2.12. The van der Waals surface area contributed by atoms with Gasteiger partial charge in [-0.1, -0.05) is 0 Å². The van der Waals surface area contributed by atoms with Crippen molar-refractivity contribution in [2.75, 3.05) is 11.5 Å². The fourth-order valence-corrected chi connectivity index (χ4v) is 2.15. The lowest BCUT2D eigenvalue weighted by atomic mass is 10.5. The number of imidazole rings is 1. The first kappa shape index (κ1) is 11.9. The maximum absolute atomic E-state index is 11.4. The topological polar surface area (TPSA) is 72.2 Å². The van der Waals surface area contributed by atoms with Crippen LogP contribution in [0.5, 0.6) is 0 Å². The second kappa shape index (κ2) is 5.65. The van der Waals surface area contributed by atoms with Crippen LogP contribution in [0.3, 0.4) is 0 Å². The van der Waals surface area contributed by atoms with Gasteiger partial charge in [-0.3, -0.25) is 9.00 Å². The van der Waals surface area contributed by atoms with Crippen molar-refractivity contribution in [2.45, 2.75) is 19.9 Å². The van der Waals surface area contributed by atoms with Crippen LogP contribution in [0.25, 0.3) is 0 Å². The highest BCUT2D eigenvalue weighted by Crippen LogP contribution is 1.97. The van der Waals surface area contributed by atoms with Crippen LogP contribution in [0.4, 0.5) is 0 Å². The van der Waals surface area contributed by atoms with Crippen LogP contribution in [0.1, 0.15) is 12.2 Å². The molecule has 5 nitrogen and oxygen atoms in total. The fraction of sp³-hybridized carbons (Fsp3) is 0.556. The monoisotopic (exact) mass is 230 g/mol. The highest BCUT2D eigenvalue weighted by molar-refractivity contribution is 7.84. The van der Waals surface area contributed by atoms with Crippen molar-refractivity contribution in [3.63, 3.8) is 0 Å². The highest BCUT2D eigenvalue weighted by atomic mass is 32.2. The molecule has 0 aliphatic rings. The summed E-state index contributed by atoms with van der Waals surface area (Å²) in [5.74, 6) is 0.681. The first-order valence-electron chi connectivity index (χ1n) is 4.64. The van der Waals surface area contributed by atoms with Gasteiger partial charge in [0.15, 0.2) is 0 Å². The third-order valence-electron chi connectivity index (χ3n) is 2.03. The summed E-state index contributed by atoms with van der Waals surface area (Å²) in [4.78, 5) is 14.3. The van der Waals surface area contributed by atoms with Crippen LogP contribution < -0.4 is 0 Å². The quantitative estimate of drug-likeness (QED) is 0.768. The minimum atomic E-state index is -1.06. The second-order valence-corrected chi connectivity index (χ2v) is 4.86. The van der Waals surface area contributed by atoms with Gasteiger partial charge < -0.3 is 9.67 Å². The van der Waals surface area contributed by atoms with Gasteiger partial charge in [0.05, 0.1) is 6.42 Å². The predicted octanol–water partition coefficient (Wildman–Crippen LogP) is 0.415. The molecule has 0 saturated carbocycles. The van der Waals surface area contributed by atoms with Crippen molar-refractivity contribution >= 4 is 16.8 Å². The molecular weight excluding hydrogens is 216 g/mol. The van der Waals surface area contributed by atoms with Gasteiger partial charge >= 0.3 is 5.97 Å². The Morgan fingerprint density at radius 2 is 2.33 bits per heavy atom. The van der Waals surface area contributed by atoms with Gasteiger partial charge in [0.1, 0.15) is 5.82 Å². The molecule has 1 atom stereocenters. The Labute approximate surface area is 90.6 Å². The Balaban J connectivity index is 2.28. The summed E-state index contributed by atoms with van der Waals surface area (Å²) >= 11 is 0. The molecule has 1 heterocycles. The van der Waals surface area contributed by atoms with E-state index in [4.69, 9.17) is 5.11 Å². The Morgan fingerprint density at radius 3 is 2.87 bits per heavy atom. The maximum Gasteiger partial charge on any atom is 0.304 e. The Bertz CT molecular complexity index is 362. The third-order valence-corrected chi connectivity index (χ3v) is 3.32. The molecule has 1 aromatic rings. The summed E-state index contributed by atoms with van der Waals surface area (Å²) < 4.78 is 13.3. The number of carboxylic acid groups (broad SMARTS) is 1. The van der Waals surface area contributed by atoms with Gasteiger partial charge in [0.2, 0.25) is 0 Å². The minimum absolute atomic E-state index is 0.0322. The summed E-state index contributed by atoms with van der Waals surface area (Å²) in [6, 6.07) is 0. The Morgan fingerprint density at radius 1 is 1.60 bits per heavy atom. The first-order valence-corrected chi connectivity index (χ1v) is 6.13. The first-order chi connectivity index (χ1) is 7.09. The molecule has 1 rings (SSSR count). The molecular formula is C9H14N2O3S. The lowest BCUT2D eigenvalue weighted by Gasteiger charge is -2.04. The van der Waals surface area contributed by atoms with Gasteiger partial charge in [-0.15, -0.1) is 0 Å². The van der Waals surface area contributed by atoms with E-state index >= 15 is 0 Å². The number of nitrogens with zero attached hydrogens (tertiary/aromatic N) is 2. The van der Waals surface area contributed by atoms with E-state index in [0.717, 1.165) is 5.82 Å². The standard InChI is InChI=1S/C9H14N2O3S/c1-8-10-3-4-11(8)5-7-15(14)6-2-9(12)13/h3-4H,2,5-7H2,1H3,(H,12,13). The van der Waals surface area contributed by atoms with Crippen molar-refractivity contribution in [3.05, 3.63) is 18.2 Å². The van der Waals surface area contributed by atoms with Crippen LogP contribution >= 0.6 is 0 Å². The number of rotatable bonds is 6.